The largest absolute Gasteiger partial charge is 0.462 e. The number of aryl methyl sites for hydroxylation is 1. The number of halogens is 1. The fourth-order valence-corrected chi connectivity index (χ4v) is 2.60. The maximum Gasteiger partial charge on any atom is 0.339 e. The minimum atomic E-state index is -0.453. The van der Waals surface area contributed by atoms with E-state index in [1.54, 1.807) is 50.1 Å². The maximum atomic E-state index is 13.7. The molecule has 0 aliphatic carbocycles. The van der Waals surface area contributed by atoms with Crippen LogP contribution in [0.1, 0.15) is 39.9 Å². The molecule has 1 aromatic heterocycles. The Morgan fingerprint density at radius 1 is 1.22 bits per heavy atom. The Hall–Kier alpha value is -2.96. The van der Waals surface area contributed by atoms with Crippen LogP contribution in [0.3, 0.4) is 0 Å². The van der Waals surface area contributed by atoms with Crippen molar-refractivity contribution >= 4 is 17.6 Å². The zero-order chi connectivity index (χ0) is 19.8. The predicted molar refractivity (Wildman–Crippen MR) is 102 cm³/mol. The highest BCUT2D eigenvalue weighted by Gasteiger charge is 2.14. The summed E-state index contributed by atoms with van der Waals surface area (Å²) in [4.78, 5) is 30.0. The SMILES string of the molecule is CCOC(=O)c1ccc(C(=O)NCCCN(C)c2ccccc2F)nc1C. The van der Waals surface area contributed by atoms with Gasteiger partial charge >= 0.3 is 5.97 Å². The van der Waals surface area contributed by atoms with E-state index in [1.807, 2.05) is 0 Å². The lowest BCUT2D eigenvalue weighted by Gasteiger charge is -2.19. The Morgan fingerprint density at radius 3 is 2.63 bits per heavy atom. The summed E-state index contributed by atoms with van der Waals surface area (Å²) in [7, 11) is 1.80. The Bertz CT molecular complexity index is 811. The fourth-order valence-electron chi connectivity index (χ4n) is 2.60. The summed E-state index contributed by atoms with van der Waals surface area (Å²) in [6, 6.07) is 9.61. The number of carbonyl (C=O) groups excluding carboxylic acids is 2. The zero-order valence-corrected chi connectivity index (χ0v) is 15.8. The Balaban J connectivity index is 1.84. The number of esters is 1. The number of benzene rings is 1. The van der Waals surface area contributed by atoms with Gasteiger partial charge < -0.3 is 15.0 Å². The van der Waals surface area contributed by atoms with Crippen molar-refractivity contribution in [3.05, 3.63) is 59.2 Å². The summed E-state index contributed by atoms with van der Waals surface area (Å²) >= 11 is 0. The van der Waals surface area contributed by atoms with Crippen molar-refractivity contribution in [2.75, 3.05) is 31.6 Å². The predicted octanol–water partition coefficient (Wildman–Crippen LogP) is 2.96. The van der Waals surface area contributed by atoms with Crippen LogP contribution < -0.4 is 10.2 Å². The van der Waals surface area contributed by atoms with E-state index in [1.165, 1.54) is 12.1 Å². The number of rotatable bonds is 8. The van der Waals surface area contributed by atoms with E-state index in [9.17, 15) is 14.0 Å². The van der Waals surface area contributed by atoms with Gasteiger partial charge in [-0.1, -0.05) is 12.1 Å². The molecule has 1 amide bonds. The van der Waals surface area contributed by atoms with Gasteiger partial charge in [-0.05, 0) is 44.5 Å². The summed E-state index contributed by atoms with van der Waals surface area (Å²) < 4.78 is 18.7. The highest BCUT2D eigenvalue weighted by Crippen LogP contribution is 2.16. The summed E-state index contributed by atoms with van der Waals surface area (Å²) in [6.07, 6.45) is 0.649. The third kappa shape index (κ3) is 5.51. The summed E-state index contributed by atoms with van der Waals surface area (Å²) in [5.41, 5.74) is 1.55. The first-order valence-electron chi connectivity index (χ1n) is 8.82. The molecule has 0 spiro atoms. The maximum absolute atomic E-state index is 13.7. The first-order chi connectivity index (χ1) is 12.9. The number of ether oxygens (including phenoxy) is 1. The second-order valence-electron chi connectivity index (χ2n) is 6.03. The number of pyridine rings is 1. The Labute approximate surface area is 158 Å². The number of aromatic nitrogens is 1. The molecule has 2 aromatic rings. The number of carbonyl (C=O) groups is 2. The Morgan fingerprint density at radius 2 is 1.96 bits per heavy atom. The third-order valence-corrected chi connectivity index (χ3v) is 4.03. The number of hydrogen-bond donors (Lipinski definition) is 1. The molecule has 0 aliphatic heterocycles. The van der Waals surface area contributed by atoms with Crippen LogP contribution in [0, 0.1) is 12.7 Å². The van der Waals surface area contributed by atoms with Crippen molar-refractivity contribution in [1.82, 2.24) is 10.3 Å². The molecule has 1 heterocycles. The van der Waals surface area contributed by atoms with Gasteiger partial charge in [0, 0.05) is 20.1 Å². The van der Waals surface area contributed by atoms with Crippen molar-refractivity contribution in [3.63, 3.8) is 0 Å². The molecule has 0 radical (unpaired) electrons. The van der Waals surface area contributed by atoms with E-state index >= 15 is 0 Å². The van der Waals surface area contributed by atoms with E-state index in [0.29, 0.717) is 36.5 Å². The van der Waals surface area contributed by atoms with E-state index in [2.05, 4.69) is 10.3 Å². The van der Waals surface area contributed by atoms with Gasteiger partial charge in [-0.2, -0.15) is 0 Å². The average molecular weight is 373 g/mol. The van der Waals surface area contributed by atoms with Crippen LogP contribution in [-0.4, -0.2) is 43.6 Å². The molecule has 1 aromatic carbocycles. The average Bonchev–Trinajstić information content (AvgIpc) is 2.65. The molecule has 0 unspecified atom stereocenters. The number of nitrogens with one attached hydrogen (secondary N) is 1. The standard InChI is InChI=1S/C20H24FN3O3/c1-4-27-20(26)15-10-11-17(23-14(15)2)19(25)22-12-7-13-24(3)18-9-6-5-8-16(18)21/h5-6,8-11H,4,7,12-13H2,1-3H3,(H,22,25). The third-order valence-electron chi connectivity index (χ3n) is 4.03. The van der Waals surface area contributed by atoms with Gasteiger partial charge in [0.05, 0.1) is 23.6 Å². The lowest BCUT2D eigenvalue weighted by molar-refractivity contribution is 0.0524. The number of anilines is 1. The molecule has 0 bridgehead atoms. The van der Waals surface area contributed by atoms with Crippen molar-refractivity contribution in [2.24, 2.45) is 0 Å². The van der Waals surface area contributed by atoms with Gasteiger partial charge in [-0.25, -0.2) is 14.2 Å². The second kappa shape index (κ2) is 9.66. The molecule has 0 saturated carbocycles. The van der Waals surface area contributed by atoms with Crippen LogP contribution in [0.4, 0.5) is 10.1 Å². The monoisotopic (exact) mass is 373 g/mol. The quantitative estimate of drug-likeness (QED) is 0.569. The molecule has 7 heteroatoms. The van der Waals surface area contributed by atoms with E-state index in [-0.39, 0.29) is 24.0 Å². The van der Waals surface area contributed by atoms with Gasteiger partial charge in [0.15, 0.2) is 0 Å². The van der Waals surface area contributed by atoms with E-state index in [0.717, 1.165) is 0 Å². The number of para-hydroxylation sites is 1. The van der Waals surface area contributed by atoms with Crippen LogP contribution in [0.15, 0.2) is 36.4 Å². The lowest BCUT2D eigenvalue weighted by Crippen LogP contribution is -2.29. The molecule has 27 heavy (non-hydrogen) atoms. The first kappa shape index (κ1) is 20.4. The van der Waals surface area contributed by atoms with Gasteiger partial charge in [0.1, 0.15) is 11.5 Å². The molecule has 144 valence electrons. The molecular formula is C20H24FN3O3. The summed E-state index contributed by atoms with van der Waals surface area (Å²) in [5, 5.41) is 2.78. The molecule has 0 fully saturated rings. The number of amides is 1. The normalized spacial score (nSPS) is 10.4. The summed E-state index contributed by atoms with van der Waals surface area (Å²) in [6.45, 7) is 4.69. The number of nitrogens with zero attached hydrogens (tertiary/aromatic N) is 2. The highest BCUT2D eigenvalue weighted by atomic mass is 19.1. The van der Waals surface area contributed by atoms with Crippen LogP contribution in [0.25, 0.3) is 0 Å². The smallest absolute Gasteiger partial charge is 0.339 e. The van der Waals surface area contributed by atoms with Crippen molar-refractivity contribution < 1.29 is 18.7 Å². The minimum absolute atomic E-state index is 0.239. The van der Waals surface area contributed by atoms with Crippen LogP contribution in [0.2, 0.25) is 0 Å². The van der Waals surface area contributed by atoms with Crippen LogP contribution in [0.5, 0.6) is 0 Å². The zero-order valence-electron chi connectivity index (χ0n) is 15.8. The molecule has 0 aliphatic rings. The fraction of sp³-hybridized carbons (Fsp3) is 0.350. The van der Waals surface area contributed by atoms with Gasteiger partial charge in [-0.3, -0.25) is 4.79 Å². The molecule has 0 saturated heterocycles. The van der Waals surface area contributed by atoms with Crippen molar-refractivity contribution in [2.45, 2.75) is 20.3 Å². The molecule has 6 nitrogen and oxygen atoms in total. The van der Waals surface area contributed by atoms with Crippen LogP contribution >= 0.6 is 0 Å². The van der Waals surface area contributed by atoms with E-state index < -0.39 is 5.97 Å². The summed E-state index contributed by atoms with van der Waals surface area (Å²) in [5.74, 6) is -1.04. The number of hydrogen-bond acceptors (Lipinski definition) is 5. The molecule has 0 atom stereocenters. The van der Waals surface area contributed by atoms with Crippen molar-refractivity contribution in [1.29, 1.82) is 0 Å². The highest BCUT2D eigenvalue weighted by molar-refractivity contribution is 5.95. The second-order valence-corrected chi connectivity index (χ2v) is 6.03. The molecule has 2 rings (SSSR count). The van der Waals surface area contributed by atoms with Gasteiger partial charge in [0.25, 0.3) is 5.91 Å². The topological polar surface area (TPSA) is 71.5 Å². The Kier molecular flexibility index (Phi) is 7.28. The lowest BCUT2D eigenvalue weighted by atomic mass is 10.2. The van der Waals surface area contributed by atoms with Crippen LogP contribution in [-0.2, 0) is 4.74 Å². The first-order valence-corrected chi connectivity index (χ1v) is 8.82. The minimum Gasteiger partial charge on any atom is -0.462 e. The van der Waals surface area contributed by atoms with E-state index in [4.69, 9.17) is 4.74 Å². The molecular weight excluding hydrogens is 349 g/mol. The molecule has 1 N–H and O–H groups in total. The van der Waals surface area contributed by atoms with Gasteiger partial charge in [-0.15, -0.1) is 0 Å². The van der Waals surface area contributed by atoms with Gasteiger partial charge in [0.2, 0.25) is 0 Å². The van der Waals surface area contributed by atoms with Crippen molar-refractivity contribution in [3.8, 4) is 0 Å².